The van der Waals surface area contributed by atoms with Crippen LogP contribution in [0.25, 0.3) is 0 Å². The summed E-state index contributed by atoms with van der Waals surface area (Å²) in [7, 11) is 0. The van der Waals surface area contributed by atoms with Gasteiger partial charge in [0.1, 0.15) is 5.76 Å². The molecule has 0 spiro atoms. The van der Waals surface area contributed by atoms with Crippen LogP contribution in [-0.4, -0.2) is 6.61 Å². The van der Waals surface area contributed by atoms with Crippen LogP contribution in [0.5, 0.6) is 0 Å². The molecule has 68 valence electrons. The lowest BCUT2D eigenvalue weighted by Crippen LogP contribution is -1.86. The first kappa shape index (κ1) is 11.0. The molecule has 0 heterocycles. The molecule has 0 bridgehead atoms. The third-order valence-electron chi connectivity index (χ3n) is 1.26. The van der Waals surface area contributed by atoms with Crippen molar-refractivity contribution in [3.05, 3.63) is 36.1 Å². The zero-order valence-corrected chi connectivity index (χ0v) is 8.21. The Labute approximate surface area is 75.4 Å². The van der Waals surface area contributed by atoms with Gasteiger partial charge in [0.2, 0.25) is 0 Å². The molecule has 0 aromatic rings. The van der Waals surface area contributed by atoms with Crippen LogP contribution < -0.4 is 0 Å². The van der Waals surface area contributed by atoms with E-state index in [1.807, 2.05) is 39.0 Å². The Morgan fingerprint density at radius 3 is 2.75 bits per heavy atom. The Balaban J connectivity index is 0.000000561. The first-order chi connectivity index (χ1) is 5.93. The molecule has 0 saturated heterocycles. The van der Waals surface area contributed by atoms with Crippen LogP contribution in [0.3, 0.4) is 0 Å². The largest absolute Gasteiger partial charge is 0.494 e. The molecule has 0 aliphatic heterocycles. The molecule has 1 aliphatic rings. The van der Waals surface area contributed by atoms with E-state index in [-0.39, 0.29) is 0 Å². The molecule has 0 amide bonds. The average Bonchev–Trinajstić information content (AvgIpc) is 2.37. The smallest absolute Gasteiger partial charge is 0.118 e. The normalized spacial score (nSPS) is 14.1. The van der Waals surface area contributed by atoms with Crippen LogP contribution in [0.15, 0.2) is 36.1 Å². The van der Waals surface area contributed by atoms with Gasteiger partial charge < -0.3 is 4.74 Å². The van der Waals surface area contributed by atoms with E-state index in [1.54, 1.807) is 0 Å². The van der Waals surface area contributed by atoms with E-state index >= 15 is 0 Å². The minimum Gasteiger partial charge on any atom is -0.494 e. The lowest BCUT2D eigenvalue weighted by molar-refractivity contribution is 0.242. The minimum absolute atomic E-state index is 0.740. The van der Waals surface area contributed by atoms with Crippen LogP contribution in [0, 0.1) is 0 Å². The number of hydrogen-bond acceptors (Lipinski definition) is 1. The lowest BCUT2D eigenvalue weighted by Gasteiger charge is -2.00. The van der Waals surface area contributed by atoms with E-state index in [4.69, 9.17) is 4.74 Å². The molecule has 0 radical (unpaired) electrons. The summed E-state index contributed by atoms with van der Waals surface area (Å²) in [6.07, 6.45) is 11.2. The van der Waals surface area contributed by atoms with E-state index in [9.17, 15) is 0 Å². The quantitative estimate of drug-likeness (QED) is 0.610. The van der Waals surface area contributed by atoms with Crippen molar-refractivity contribution < 1.29 is 4.74 Å². The second-order valence-corrected chi connectivity index (χ2v) is 2.07. The minimum atomic E-state index is 0.740. The van der Waals surface area contributed by atoms with Crippen LogP contribution in [0.4, 0.5) is 0 Å². The number of hydrogen-bond donors (Lipinski definition) is 0. The Hall–Kier alpha value is -0.980. The Bertz CT molecular complexity index is 175. The van der Waals surface area contributed by atoms with Crippen LogP contribution in [0.1, 0.15) is 27.2 Å². The molecule has 0 N–H and O–H groups in total. The summed E-state index contributed by atoms with van der Waals surface area (Å²) >= 11 is 0. The molecule has 1 rings (SSSR count). The third kappa shape index (κ3) is 4.78. The van der Waals surface area contributed by atoms with Gasteiger partial charge in [0.15, 0.2) is 0 Å². The van der Waals surface area contributed by atoms with Crippen LogP contribution in [0.2, 0.25) is 0 Å². The van der Waals surface area contributed by atoms with Gasteiger partial charge in [-0.05, 0) is 25.5 Å². The Morgan fingerprint density at radius 1 is 1.33 bits per heavy atom. The SMILES string of the molecule is CC.CCOC1=CC=CCC=C1. The number of allylic oxidation sites excluding steroid dienone is 5. The van der Waals surface area contributed by atoms with Crippen molar-refractivity contribution in [1.82, 2.24) is 0 Å². The monoisotopic (exact) mass is 166 g/mol. The van der Waals surface area contributed by atoms with Gasteiger partial charge in [-0.25, -0.2) is 0 Å². The van der Waals surface area contributed by atoms with E-state index in [0.717, 1.165) is 18.8 Å². The predicted octanol–water partition coefficient (Wildman–Crippen LogP) is 3.45. The van der Waals surface area contributed by atoms with E-state index in [2.05, 4.69) is 12.2 Å². The molecule has 0 atom stereocenters. The number of ether oxygens (including phenoxy) is 1. The lowest BCUT2D eigenvalue weighted by atomic mass is 10.4. The maximum absolute atomic E-state index is 5.29. The third-order valence-corrected chi connectivity index (χ3v) is 1.26. The molecule has 0 aromatic heterocycles. The molecule has 0 saturated carbocycles. The van der Waals surface area contributed by atoms with Gasteiger partial charge in [0.05, 0.1) is 6.61 Å². The maximum Gasteiger partial charge on any atom is 0.118 e. The van der Waals surface area contributed by atoms with E-state index in [1.165, 1.54) is 0 Å². The van der Waals surface area contributed by atoms with Gasteiger partial charge in [0.25, 0.3) is 0 Å². The molecule has 0 aromatic carbocycles. The first-order valence-corrected chi connectivity index (χ1v) is 4.59. The standard InChI is InChI=1S/C9H12O.C2H6/c1-2-10-9-7-5-3-4-6-8-9;1-2/h3,5-8H,2,4H2,1H3;1-2H3. The van der Waals surface area contributed by atoms with Crippen molar-refractivity contribution in [1.29, 1.82) is 0 Å². The highest BCUT2D eigenvalue weighted by atomic mass is 16.5. The number of rotatable bonds is 2. The van der Waals surface area contributed by atoms with Crippen molar-refractivity contribution in [3.63, 3.8) is 0 Å². The average molecular weight is 166 g/mol. The molecule has 1 aliphatic carbocycles. The van der Waals surface area contributed by atoms with E-state index in [0.29, 0.717) is 0 Å². The summed E-state index contributed by atoms with van der Waals surface area (Å²) in [5.41, 5.74) is 0. The summed E-state index contributed by atoms with van der Waals surface area (Å²) in [6, 6.07) is 0. The maximum atomic E-state index is 5.29. The van der Waals surface area contributed by atoms with Gasteiger partial charge in [-0.15, -0.1) is 0 Å². The molecule has 1 nitrogen and oxygen atoms in total. The highest BCUT2D eigenvalue weighted by molar-refractivity contribution is 5.22. The molecule has 12 heavy (non-hydrogen) atoms. The summed E-state index contributed by atoms with van der Waals surface area (Å²) < 4.78 is 5.29. The highest BCUT2D eigenvalue weighted by Gasteiger charge is 1.89. The van der Waals surface area contributed by atoms with Crippen molar-refractivity contribution in [3.8, 4) is 0 Å². The highest BCUT2D eigenvalue weighted by Crippen LogP contribution is 2.04. The first-order valence-electron chi connectivity index (χ1n) is 4.59. The van der Waals surface area contributed by atoms with Gasteiger partial charge in [0, 0.05) is 0 Å². The molecular formula is C11H18O. The Kier molecular flexibility index (Phi) is 7.46. The molecular weight excluding hydrogens is 148 g/mol. The fourth-order valence-corrected chi connectivity index (χ4v) is 0.823. The van der Waals surface area contributed by atoms with Crippen LogP contribution >= 0.6 is 0 Å². The summed E-state index contributed by atoms with van der Waals surface area (Å²) in [5.74, 6) is 0.955. The molecule has 0 fully saturated rings. The van der Waals surface area contributed by atoms with Crippen molar-refractivity contribution in [2.24, 2.45) is 0 Å². The molecule has 0 unspecified atom stereocenters. The summed E-state index contributed by atoms with van der Waals surface area (Å²) in [4.78, 5) is 0. The van der Waals surface area contributed by atoms with Crippen molar-refractivity contribution in [2.45, 2.75) is 27.2 Å². The Morgan fingerprint density at radius 2 is 2.08 bits per heavy atom. The van der Waals surface area contributed by atoms with Crippen LogP contribution in [-0.2, 0) is 4.74 Å². The second-order valence-electron chi connectivity index (χ2n) is 2.07. The van der Waals surface area contributed by atoms with Crippen molar-refractivity contribution >= 4 is 0 Å². The fourth-order valence-electron chi connectivity index (χ4n) is 0.823. The van der Waals surface area contributed by atoms with Gasteiger partial charge in [-0.3, -0.25) is 0 Å². The zero-order chi connectivity index (χ0) is 9.23. The van der Waals surface area contributed by atoms with Gasteiger partial charge in [-0.1, -0.05) is 32.1 Å². The summed E-state index contributed by atoms with van der Waals surface area (Å²) in [5, 5.41) is 0. The summed E-state index contributed by atoms with van der Waals surface area (Å²) in [6.45, 7) is 6.73. The van der Waals surface area contributed by atoms with Crippen molar-refractivity contribution in [2.75, 3.05) is 6.61 Å². The zero-order valence-electron chi connectivity index (χ0n) is 8.21. The fraction of sp³-hybridized carbons (Fsp3) is 0.455. The van der Waals surface area contributed by atoms with Gasteiger partial charge >= 0.3 is 0 Å². The second kappa shape index (κ2) is 8.12. The molecule has 1 heteroatoms. The topological polar surface area (TPSA) is 9.23 Å². The van der Waals surface area contributed by atoms with Gasteiger partial charge in [-0.2, -0.15) is 0 Å². The van der Waals surface area contributed by atoms with E-state index < -0.39 is 0 Å². The predicted molar refractivity (Wildman–Crippen MR) is 54.0 cm³/mol.